The van der Waals surface area contributed by atoms with E-state index in [4.69, 9.17) is 4.74 Å². The van der Waals surface area contributed by atoms with E-state index in [1.54, 1.807) is 18.3 Å². The fourth-order valence-electron chi connectivity index (χ4n) is 4.10. The number of rotatable bonds is 7. The van der Waals surface area contributed by atoms with Crippen LogP contribution in [0.5, 0.6) is 5.75 Å². The van der Waals surface area contributed by atoms with Crippen molar-refractivity contribution in [2.45, 2.75) is 19.8 Å². The summed E-state index contributed by atoms with van der Waals surface area (Å²) in [6.45, 7) is 1.42. The van der Waals surface area contributed by atoms with Gasteiger partial charge in [0.15, 0.2) is 0 Å². The Balaban J connectivity index is 1.54. The largest absolute Gasteiger partial charge is 0.495 e. The summed E-state index contributed by atoms with van der Waals surface area (Å²) in [5.74, 6) is -0.189. The Morgan fingerprint density at radius 1 is 1.16 bits per heavy atom. The molecule has 32 heavy (non-hydrogen) atoms. The maximum atomic E-state index is 12.6. The summed E-state index contributed by atoms with van der Waals surface area (Å²) in [6.07, 6.45) is 4.72. The van der Waals surface area contributed by atoms with Crippen LogP contribution in [0.25, 0.3) is 10.8 Å². The zero-order valence-corrected chi connectivity index (χ0v) is 19.1. The van der Waals surface area contributed by atoms with E-state index in [2.05, 4.69) is 22.7 Å². The summed E-state index contributed by atoms with van der Waals surface area (Å²) in [5.41, 5.74) is 7.15. The molecule has 0 aromatic heterocycles. The number of hydrazone groups is 1. The molecular weight excluding hydrogens is 426 g/mol. The van der Waals surface area contributed by atoms with Crippen molar-refractivity contribution in [1.29, 1.82) is 0 Å². The molecule has 0 radical (unpaired) electrons. The fraction of sp³-hybridized carbons (Fsp3) is 0.250. The minimum Gasteiger partial charge on any atom is -0.495 e. The first-order chi connectivity index (χ1) is 15.3. The highest BCUT2D eigenvalue weighted by atomic mass is 32.2. The molecular formula is C24H25N3O4S. The highest BCUT2D eigenvalue weighted by Crippen LogP contribution is 2.32. The summed E-state index contributed by atoms with van der Waals surface area (Å²) in [7, 11) is -2.27. The number of methoxy groups -OCH3 is 1. The molecule has 166 valence electrons. The Kier molecular flexibility index (Phi) is 5.88. The molecule has 1 N–H and O–H groups in total. The third-order valence-corrected chi connectivity index (χ3v) is 6.72. The smallest absolute Gasteiger partial charge is 0.260 e. The average molecular weight is 452 g/mol. The lowest BCUT2D eigenvalue weighted by atomic mass is 10.0. The molecule has 0 saturated carbocycles. The molecule has 0 fully saturated rings. The van der Waals surface area contributed by atoms with Gasteiger partial charge in [0.25, 0.3) is 5.91 Å². The standard InChI is InChI=1S/C24H25N3O4S/c1-16-7-12-22(31-2)21(13-16)27(32(3,29)30)15-23(28)26-25-14-19-11-10-18-9-8-17-5-4-6-20(19)24(17)18/h4-7,10-14H,8-9,15H2,1-3H3,(H,26,28)/b25-14-. The molecule has 1 aliphatic rings. The number of nitrogens with zero attached hydrogens (tertiary/aromatic N) is 2. The van der Waals surface area contributed by atoms with Crippen molar-refractivity contribution in [3.63, 3.8) is 0 Å². The van der Waals surface area contributed by atoms with Crippen molar-refractivity contribution in [3.05, 3.63) is 70.8 Å². The Labute approximate surface area is 187 Å². The van der Waals surface area contributed by atoms with Crippen LogP contribution in [0.3, 0.4) is 0 Å². The van der Waals surface area contributed by atoms with Gasteiger partial charge < -0.3 is 4.74 Å². The van der Waals surface area contributed by atoms with Crippen LogP contribution in [-0.2, 0) is 27.7 Å². The molecule has 0 unspecified atom stereocenters. The first-order valence-corrected chi connectivity index (χ1v) is 12.1. The fourth-order valence-corrected chi connectivity index (χ4v) is 4.95. The molecule has 0 aliphatic heterocycles. The lowest BCUT2D eigenvalue weighted by molar-refractivity contribution is -0.119. The van der Waals surface area contributed by atoms with Crippen molar-refractivity contribution < 1.29 is 17.9 Å². The number of carbonyl (C=O) groups excluding carboxylic acids is 1. The predicted octanol–water partition coefficient (Wildman–Crippen LogP) is 3.17. The maximum absolute atomic E-state index is 12.6. The minimum absolute atomic E-state index is 0.307. The SMILES string of the molecule is COc1ccc(C)cc1N(CC(=O)N/N=C\c1ccc2c3c(cccc13)CC2)S(C)(=O)=O. The molecule has 8 heteroatoms. The number of amides is 1. The van der Waals surface area contributed by atoms with Crippen LogP contribution in [0.15, 0.2) is 53.6 Å². The van der Waals surface area contributed by atoms with Crippen molar-refractivity contribution in [2.24, 2.45) is 5.10 Å². The van der Waals surface area contributed by atoms with Gasteiger partial charge in [-0.2, -0.15) is 5.10 Å². The van der Waals surface area contributed by atoms with Crippen LogP contribution in [0.1, 0.15) is 22.3 Å². The number of hydrogen-bond acceptors (Lipinski definition) is 5. The first kappa shape index (κ1) is 21.8. The van der Waals surface area contributed by atoms with Crippen LogP contribution in [-0.4, -0.2) is 40.4 Å². The third-order valence-electron chi connectivity index (χ3n) is 5.59. The summed E-state index contributed by atoms with van der Waals surface area (Å²) in [4.78, 5) is 12.6. The van der Waals surface area contributed by atoms with Gasteiger partial charge in [-0.3, -0.25) is 9.10 Å². The molecule has 0 saturated heterocycles. The Bertz CT molecular complexity index is 1320. The number of aryl methyl sites for hydroxylation is 3. The summed E-state index contributed by atoms with van der Waals surface area (Å²) in [6, 6.07) is 15.5. The molecule has 3 aromatic carbocycles. The van der Waals surface area contributed by atoms with Crippen molar-refractivity contribution in [1.82, 2.24) is 5.43 Å². The molecule has 7 nitrogen and oxygen atoms in total. The highest BCUT2D eigenvalue weighted by molar-refractivity contribution is 7.92. The number of sulfonamides is 1. The molecule has 0 bridgehead atoms. The first-order valence-electron chi connectivity index (χ1n) is 10.3. The van der Waals surface area contributed by atoms with Gasteiger partial charge in [-0.15, -0.1) is 0 Å². The van der Waals surface area contributed by atoms with Crippen LogP contribution in [0, 0.1) is 6.92 Å². The second-order valence-corrected chi connectivity index (χ2v) is 9.80. The van der Waals surface area contributed by atoms with E-state index >= 15 is 0 Å². The molecule has 0 heterocycles. The average Bonchev–Trinajstić information content (AvgIpc) is 3.17. The maximum Gasteiger partial charge on any atom is 0.260 e. The van der Waals surface area contributed by atoms with Crippen molar-refractivity contribution >= 4 is 38.6 Å². The van der Waals surface area contributed by atoms with Gasteiger partial charge >= 0.3 is 0 Å². The van der Waals surface area contributed by atoms with Crippen LogP contribution >= 0.6 is 0 Å². The molecule has 0 atom stereocenters. The van der Waals surface area contributed by atoms with E-state index in [0.717, 1.165) is 39.9 Å². The number of hydrogen-bond donors (Lipinski definition) is 1. The van der Waals surface area contributed by atoms with Gasteiger partial charge in [0, 0.05) is 5.56 Å². The van der Waals surface area contributed by atoms with Gasteiger partial charge in [-0.05, 0) is 59.4 Å². The lowest BCUT2D eigenvalue weighted by Crippen LogP contribution is -2.39. The lowest BCUT2D eigenvalue weighted by Gasteiger charge is -2.23. The summed E-state index contributed by atoms with van der Waals surface area (Å²) < 4.78 is 31.1. The van der Waals surface area contributed by atoms with E-state index < -0.39 is 22.5 Å². The van der Waals surface area contributed by atoms with Gasteiger partial charge in [-0.25, -0.2) is 13.8 Å². The van der Waals surface area contributed by atoms with Gasteiger partial charge in [-0.1, -0.05) is 36.4 Å². The second kappa shape index (κ2) is 8.63. The Morgan fingerprint density at radius 2 is 1.91 bits per heavy atom. The van der Waals surface area contributed by atoms with E-state index in [1.165, 1.54) is 23.6 Å². The van der Waals surface area contributed by atoms with Crippen LogP contribution < -0.4 is 14.5 Å². The number of carbonyl (C=O) groups is 1. The molecule has 0 spiro atoms. The summed E-state index contributed by atoms with van der Waals surface area (Å²) in [5, 5.41) is 6.44. The molecule has 3 aromatic rings. The quantitative estimate of drug-likeness (QED) is 0.441. The molecule has 4 rings (SSSR count). The normalized spacial score (nSPS) is 13.0. The number of anilines is 1. The topological polar surface area (TPSA) is 88.1 Å². The monoisotopic (exact) mass is 451 g/mol. The van der Waals surface area contributed by atoms with E-state index in [9.17, 15) is 13.2 Å². The van der Waals surface area contributed by atoms with Crippen molar-refractivity contribution in [3.8, 4) is 5.75 Å². The number of ether oxygens (including phenoxy) is 1. The van der Waals surface area contributed by atoms with E-state index in [-0.39, 0.29) is 0 Å². The zero-order chi connectivity index (χ0) is 22.9. The Morgan fingerprint density at radius 3 is 2.62 bits per heavy atom. The minimum atomic E-state index is -3.73. The predicted molar refractivity (Wildman–Crippen MR) is 127 cm³/mol. The third kappa shape index (κ3) is 4.31. The number of nitrogens with one attached hydrogen (secondary N) is 1. The highest BCUT2D eigenvalue weighted by Gasteiger charge is 2.24. The van der Waals surface area contributed by atoms with E-state index in [1.807, 2.05) is 31.2 Å². The number of benzene rings is 3. The second-order valence-electron chi connectivity index (χ2n) is 7.89. The van der Waals surface area contributed by atoms with Gasteiger partial charge in [0.1, 0.15) is 12.3 Å². The van der Waals surface area contributed by atoms with Crippen molar-refractivity contribution in [2.75, 3.05) is 24.2 Å². The Hall–Kier alpha value is -3.39. The van der Waals surface area contributed by atoms with Gasteiger partial charge in [0.05, 0.1) is 25.3 Å². The van der Waals surface area contributed by atoms with Crippen LogP contribution in [0.4, 0.5) is 5.69 Å². The molecule has 1 amide bonds. The zero-order valence-electron chi connectivity index (χ0n) is 18.3. The van der Waals surface area contributed by atoms with Crippen LogP contribution in [0.2, 0.25) is 0 Å². The molecule has 1 aliphatic carbocycles. The van der Waals surface area contributed by atoms with E-state index in [0.29, 0.717) is 11.4 Å². The summed E-state index contributed by atoms with van der Waals surface area (Å²) >= 11 is 0. The van der Waals surface area contributed by atoms with Gasteiger partial charge in [0.2, 0.25) is 10.0 Å².